The lowest BCUT2D eigenvalue weighted by Gasteiger charge is -2.23. The van der Waals surface area contributed by atoms with Gasteiger partial charge in [-0.05, 0) is 38.4 Å². The number of nitrogens with one attached hydrogen (secondary N) is 1. The van der Waals surface area contributed by atoms with E-state index in [2.05, 4.69) is 5.32 Å². The fraction of sp³-hybridized carbons (Fsp3) is 0.368. The largest absolute Gasteiger partial charge is 0.468 e. The van der Waals surface area contributed by atoms with Crippen LogP contribution in [0.4, 0.5) is 5.69 Å². The first-order valence-corrected chi connectivity index (χ1v) is 8.39. The van der Waals surface area contributed by atoms with Crippen molar-refractivity contribution in [1.29, 1.82) is 0 Å². The molecule has 25 heavy (non-hydrogen) atoms. The number of hydrogen-bond acceptors (Lipinski definition) is 4. The third-order valence-electron chi connectivity index (χ3n) is 4.53. The maximum atomic E-state index is 12.5. The molecule has 1 N–H and O–H groups in total. The van der Waals surface area contributed by atoms with E-state index in [-0.39, 0.29) is 30.2 Å². The van der Waals surface area contributed by atoms with E-state index in [4.69, 9.17) is 4.42 Å². The number of furan rings is 1. The summed E-state index contributed by atoms with van der Waals surface area (Å²) in [7, 11) is 3.88. The molecule has 0 radical (unpaired) electrons. The summed E-state index contributed by atoms with van der Waals surface area (Å²) in [5.41, 5.74) is 0.838. The van der Waals surface area contributed by atoms with Gasteiger partial charge in [0.05, 0.1) is 18.2 Å². The number of rotatable bonds is 6. The Morgan fingerprint density at radius 2 is 2.04 bits per heavy atom. The first kappa shape index (κ1) is 17.2. The molecule has 1 aliphatic heterocycles. The van der Waals surface area contributed by atoms with Gasteiger partial charge < -0.3 is 14.6 Å². The number of nitrogens with zero attached hydrogens (tertiary/aromatic N) is 2. The van der Waals surface area contributed by atoms with Crippen molar-refractivity contribution in [3.63, 3.8) is 0 Å². The van der Waals surface area contributed by atoms with E-state index in [1.807, 2.05) is 61.5 Å². The topological polar surface area (TPSA) is 65.8 Å². The summed E-state index contributed by atoms with van der Waals surface area (Å²) in [6, 6.07) is 13.1. The van der Waals surface area contributed by atoms with Gasteiger partial charge in [-0.1, -0.05) is 18.2 Å². The van der Waals surface area contributed by atoms with Crippen molar-refractivity contribution >= 4 is 17.5 Å². The third-order valence-corrected chi connectivity index (χ3v) is 4.53. The van der Waals surface area contributed by atoms with Gasteiger partial charge in [-0.3, -0.25) is 14.5 Å². The van der Waals surface area contributed by atoms with Crippen LogP contribution in [0.15, 0.2) is 53.1 Å². The highest BCUT2D eigenvalue weighted by molar-refractivity contribution is 6.00. The average Bonchev–Trinajstić information content (AvgIpc) is 3.25. The number of benzene rings is 1. The van der Waals surface area contributed by atoms with Gasteiger partial charge in [-0.15, -0.1) is 0 Å². The summed E-state index contributed by atoms with van der Waals surface area (Å²) < 4.78 is 5.45. The standard InChI is InChI=1S/C19H23N3O3/c1-21(2)16(17-9-6-10-25-17)12-20-19(24)14-11-18(23)22(13-14)15-7-4-3-5-8-15/h3-10,14,16H,11-13H2,1-2H3,(H,20,24)/t14-,16+/m1/s1. The van der Waals surface area contributed by atoms with Crippen LogP contribution < -0.4 is 10.2 Å². The lowest BCUT2D eigenvalue weighted by Crippen LogP contribution is -2.38. The lowest BCUT2D eigenvalue weighted by molar-refractivity contribution is -0.126. The van der Waals surface area contributed by atoms with Gasteiger partial charge in [-0.25, -0.2) is 0 Å². The minimum absolute atomic E-state index is 0.0125. The Morgan fingerprint density at radius 3 is 2.68 bits per heavy atom. The van der Waals surface area contributed by atoms with Crippen molar-refractivity contribution in [2.24, 2.45) is 5.92 Å². The van der Waals surface area contributed by atoms with Crippen LogP contribution in [-0.4, -0.2) is 43.9 Å². The third kappa shape index (κ3) is 3.91. The number of carbonyl (C=O) groups is 2. The van der Waals surface area contributed by atoms with Gasteiger partial charge in [0, 0.05) is 25.2 Å². The number of likely N-dealkylation sites (N-methyl/N-ethyl adjacent to an activating group) is 1. The van der Waals surface area contributed by atoms with Crippen LogP contribution in [0.1, 0.15) is 18.2 Å². The van der Waals surface area contributed by atoms with E-state index in [0.717, 1.165) is 11.4 Å². The molecule has 1 aliphatic rings. The van der Waals surface area contributed by atoms with Crippen molar-refractivity contribution in [3.05, 3.63) is 54.5 Å². The lowest BCUT2D eigenvalue weighted by atomic mass is 10.1. The second-order valence-electron chi connectivity index (χ2n) is 6.48. The van der Waals surface area contributed by atoms with Gasteiger partial charge >= 0.3 is 0 Å². The fourth-order valence-corrected chi connectivity index (χ4v) is 3.10. The number of carbonyl (C=O) groups excluding carboxylic acids is 2. The second kappa shape index (κ2) is 7.53. The van der Waals surface area contributed by atoms with Crippen molar-refractivity contribution in [2.75, 3.05) is 32.1 Å². The number of hydrogen-bond donors (Lipinski definition) is 1. The second-order valence-corrected chi connectivity index (χ2v) is 6.48. The Hall–Kier alpha value is -2.60. The van der Waals surface area contributed by atoms with Crippen LogP contribution >= 0.6 is 0 Å². The Bertz CT molecular complexity index is 713. The molecule has 3 rings (SSSR count). The van der Waals surface area contributed by atoms with Crippen LogP contribution in [-0.2, 0) is 9.59 Å². The van der Waals surface area contributed by atoms with Gasteiger partial charge in [0.15, 0.2) is 0 Å². The summed E-state index contributed by atoms with van der Waals surface area (Å²) >= 11 is 0. The maximum absolute atomic E-state index is 12.5. The Balaban J connectivity index is 1.59. The van der Waals surface area contributed by atoms with Gasteiger partial charge in [0.25, 0.3) is 0 Å². The summed E-state index contributed by atoms with van der Waals surface area (Å²) in [5.74, 6) is 0.373. The smallest absolute Gasteiger partial charge is 0.227 e. The molecule has 1 aromatic heterocycles. The zero-order valence-electron chi connectivity index (χ0n) is 14.5. The van der Waals surface area contributed by atoms with Gasteiger partial charge in [0.2, 0.25) is 11.8 Å². The number of amides is 2. The molecule has 1 saturated heterocycles. The predicted octanol–water partition coefficient (Wildman–Crippen LogP) is 2.05. The van der Waals surface area contributed by atoms with E-state index in [0.29, 0.717) is 13.1 Å². The molecule has 2 amide bonds. The van der Waals surface area contributed by atoms with Crippen molar-refractivity contribution < 1.29 is 14.0 Å². The van der Waals surface area contributed by atoms with E-state index < -0.39 is 0 Å². The molecule has 0 saturated carbocycles. The minimum atomic E-state index is -0.327. The summed E-state index contributed by atoms with van der Waals surface area (Å²) in [4.78, 5) is 28.4. The maximum Gasteiger partial charge on any atom is 0.227 e. The molecule has 1 aromatic carbocycles. The SMILES string of the molecule is CN(C)[C@@H](CNC(=O)[C@@H]1CC(=O)N(c2ccccc2)C1)c1ccco1. The Labute approximate surface area is 147 Å². The zero-order valence-corrected chi connectivity index (χ0v) is 14.5. The normalized spacial score (nSPS) is 18.6. The minimum Gasteiger partial charge on any atom is -0.468 e. The van der Waals surface area contributed by atoms with Crippen LogP contribution in [0, 0.1) is 5.92 Å². The molecular formula is C19H23N3O3. The van der Waals surface area contributed by atoms with E-state index in [1.54, 1.807) is 11.2 Å². The molecule has 0 unspecified atom stereocenters. The number of para-hydroxylation sites is 1. The van der Waals surface area contributed by atoms with Crippen LogP contribution in [0.3, 0.4) is 0 Å². The first-order chi connectivity index (χ1) is 12.1. The highest BCUT2D eigenvalue weighted by Crippen LogP contribution is 2.25. The highest BCUT2D eigenvalue weighted by atomic mass is 16.3. The molecule has 6 heteroatoms. The molecule has 0 aliphatic carbocycles. The molecule has 6 nitrogen and oxygen atoms in total. The fourth-order valence-electron chi connectivity index (χ4n) is 3.10. The monoisotopic (exact) mass is 341 g/mol. The van der Waals surface area contributed by atoms with Crippen LogP contribution in [0.5, 0.6) is 0 Å². The Kier molecular flexibility index (Phi) is 5.19. The van der Waals surface area contributed by atoms with Gasteiger partial charge in [-0.2, -0.15) is 0 Å². The quantitative estimate of drug-likeness (QED) is 0.873. The van der Waals surface area contributed by atoms with Crippen molar-refractivity contribution in [3.8, 4) is 0 Å². The van der Waals surface area contributed by atoms with E-state index in [1.165, 1.54) is 0 Å². The summed E-state index contributed by atoms with van der Waals surface area (Å²) in [6.45, 7) is 0.859. The molecule has 132 valence electrons. The molecule has 2 atom stereocenters. The summed E-state index contributed by atoms with van der Waals surface area (Å²) in [5, 5.41) is 2.97. The molecule has 1 fully saturated rings. The molecule has 0 spiro atoms. The first-order valence-electron chi connectivity index (χ1n) is 8.39. The molecule has 0 bridgehead atoms. The van der Waals surface area contributed by atoms with Crippen molar-refractivity contribution in [1.82, 2.24) is 10.2 Å². The zero-order chi connectivity index (χ0) is 17.8. The molecule has 2 aromatic rings. The van der Waals surface area contributed by atoms with Crippen LogP contribution in [0.25, 0.3) is 0 Å². The average molecular weight is 341 g/mol. The van der Waals surface area contributed by atoms with E-state index in [9.17, 15) is 9.59 Å². The van der Waals surface area contributed by atoms with Crippen LogP contribution in [0.2, 0.25) is 0 Å². The van der Waals surface area contributed by atoms with Crippen molar-refractivity contribution in [2.45, 2.75) is 12.5 Å². The van der Waals surface area contributed by atoms with E-state index >= 15 is 0 Å². The molecular weight excluding hydrogens is 318 g/mol. The molecule has 2 heterocycles. The highest BCUT2D eigenvalue weighted by Gasteiger charge is 2.35. The summed E-state index contributed by atoms with van der Waals surface area (Å²) in [6.07, 6.45) is 1.87. The predicted molar refractivity (Wildman–Crippen MR) is 95.0 cm³/mol. The Morgan fingerprint density at radius 1 is 1.28 bits per heavy atom. The number of anilines is 1. The van der Waals surface area contributed by atoms with Gasteiger partial charge in [0.1, 0.15) is 5.76 Å².